The summed E-state index contributed by atoms with van der Waals surface area (Å²) in [5, 5.41) is 9.21. The summed E-state index contributed by atoms with van der Waals surface area (Å²) in [4.78, 5) is 12.7. The Bertz CT molecular complexity index is 313. The maximum absolute atomic E-state index is 11.2. The minimum absolute atomic E-state index is 0.519. The van der Waals surface area contributed by atoms with Crippen LogP contribution in [0.5, 0.6) is 0 Å². The fraction of sp³-hybridized carbons (Fsp3) is 0.938. The topological polar surface area (TPSA) is 94.3 Å². The summed E-state index contributed by atoms with van der Waals surface area (Å²) in [6, 6.07) is 0.987. The Morgan fingerprint density at radius 1 is 0.917 bits per heavy atom. The maximum atomic E-state index is 11.2. The van der Waals surface area contributed by atoms with Crippen LogP contribution < -0.4 is 5.73 Å². The molecule has 0 aliphatic rings. The summed E-state index contributed by atoms with van der Waals surface area (Å²) < 4.78 is 16.1. The number of nitrogens with zero attached hydrogens (tertiary/aromatic N) is 1. The molecule has 144 valence electrons. The molecule has 0 aliphatic carbocycles. The van der Waals surface area contributed by atoms with Crippen molar-refractivity contribution in [2.24, 2.45) is 5.73 Å². The van der Waals surface area contributed by atoms with E-state index in [1.165, 1.54) is 4.90 Å². The summed E-state index contributed by atoms with van der Waals surface area (Å²) in [5.74, 6) is 0. The summed E-state index contributed by atoms with van der Waals surface area (Å²) in [5.41, 5.74) is 5.36. The molecule has 0 fully saturated rings. The van der Waals surface area contributed by atoms with Crippen LogP contribution in [0.2, 0.25) is 25.7 Å². The summed E-state index contributed by atoms with van der Waals surface area (Å²) in [6.45, 7) is 11.9. The molecule has 0 aromatic heterocycles. The molecule has 1 amide bonds. The molecule has 0 spiro atoms. The molecule has 0 bridgehead atoms. The minimum atomic E-state index is -1.22. The first kappa shape index (κ1) is 23.3. The Morgan fingerprint density at radius 2 is 1.42 bits per heavy atom. The van der Waals surface area contributed by atoms with Gasteiger partial charge in [-0.3, -0.25) is 0 Å². The van der Waals surface area contributed by atoms with E-state index >= 15 is 0 Å². The van der Waals surface area contributed by atoms with Gasteiger partial charge in [-0.2, -0.15) is 0 Å². The van der Waals surface area contributed by atoms with Crippen LogP contribution in [0.15, 0.2) is 0 Å². The highest BCUT2D eigenvalue weighted by Gasteiger charge is 2.17. The lowest BCUT2D eigenvalue weighted by molar-refractivity contribution is 0.0131. The van der Waals surface area contributed by atoms with Crippen molar-refractivity contribution >= 4 is 14.2 Å². The number of rotatable bonds is 16. The second-order valence-electron chi connectivity index (χ2n) is 6.91. The number of hydrogen-bond acceptors (Lipinski definition) is 5. The smallest absolute Gasteiger partial charge is 0.407 e. The molecule has 0 saturated heterocycles. The molecular formula is C16H36N2O5Si. The predicted molar refractivity (Wildman–Crippen MR) is 98.5 cm³/mol. The maximum Gasteiger partial charge on any atom is 0.407 e. The zero-order valence-corrected chi connectivity index (χ0v) is 16.6. The number of carboxylic acid groups (broad SMARTS) is 1. The van der Waals surface area contributed by atoms with Crippen molar-refractivity contribution in [3.8, 4) is 0 Å². The molecular weight excluding hydrogens is 328 g/mol. The standard InChI is InChI=1S/C16H36N2O5Si/c1-24(2,3)15-8-18(16(19)20)7-5-10-22-12-14-23-13-11-21-9-4-6-17/h4-15,17H2,1-3H3,(H,19,20). The van der Waals surface area contributed by atoms with E-state index in [4.69, 9.17) is 19.9 Å². The van der Waals surface area contributed by atoms with Crippen LogP contribution in [0.3, 0.4) is 0 Å². The van der Waals surface area contributed by atoms with Crippen LogP contribution in [-0.4, -0.2) is 83.4 Å². The number of amides is 1. The zero-order valence-electron chi connectivity index (χ0n) is 15.6. The van der Waals surface area contributed by atoms with Crippen LogP contribution in [0.1, 0.15) is 12.8 Å². The van der Waals surface area contributed by atoms with Gasteiger partial charge in [0.05, 0.1) is 26.4 Å². The van der Waals surface area contributed by atoms with Gasteiger partial charge in [-0.15, -0.1) is 0 Å². The van der Waals surface area contributed by atoms with Gasteiger partial charge in [0.2, 0.25) is 0 Å². The first-order valence-corrected chi connectivity index (χ1v) is 12.5. The van der Waals surface area contributed by atoms with Crippen LogP contribution in [-0.2, 0) is 14.2 Å². The van der Waals surface area contributed by atoms with Gasteiger partial charge in [-0.25, -0.2) is 4.79 Å². The van der Waals surface area contributed by atoms with E-state index in [0.29, 0.717) is 65.7 Å². The molecule has 24 heavy (non-hydrogen) atoms. The van der Waals surface area contributed by atoms with Gasteiger partial charge in [0.1, 0.15) is 0 Å². The lowest BCUT2D eigenvalue weighted by atomic mass is 10.4. The third-order valence-electron chi connectivity index (χ3n) is 3.36. The molecule has 3 N–H and O–H groups in total. The zero-order chi connectivity index (χ0) is 18.3. The Hall–Kier alpha value is -0.673. The van der Waals surface area contributed by atoms with Gasteiger partial charge in [0, 0.05) is 34.4 Å². The third-order valence-corrected chi connectivity index (χ3v) is 5.08. The highest BCUT2D eigenvalue weighted by molar-refractivity contribution is 6.76. The molecule has 0 rings (SSSR count). The van der Waals surface area contributed by atoms with E-state index < -0.39 is 14.2 Å². The van der Waals surface area contributed by atoms with E-state index in [9.17, 15) is 9.90 Å². The van der Waals surface area contributed by atoms with Crippen molar-refractivity contribution in [1.29, 1.82) is 0 Å². The van der Waals surface area contributed by atoms with Gasteiger partial charge < -0.3 is 30.0 Å². The van der Waals surface area contributed by atoms with Crippen molar-refractivity contribution in [2.45, 2.75) is 38.5 Å². The van der Waals surface area contributed by atoms with Crippen molar-refractivity contribution in [3.63, 3.8) is 0 Å². The molecule has 0 radical (unpaired) electrons. The second kappa shape index (κ2) is 14.7. The highest BCUT2D eigenvalue weighted by atomic mass is 28.3. The van der Waals surface area contributed by atoms with E-state index in [0.717, 1.165) is 12.5 Å². The summed E-state index contributed by atoms with van der Waals surface area (Å²) >= 11 is 0. The molecule has 0 aromatic rings. The number of carbonyl (C=O) groups is 1. The van der Waals surface area contributed by atoms with Crippen molar-refractivity contribution in [3.05, 3.63) is 0 Å². The lowest BCUT2D eigenvalue weighted by Crippen LogP contribution is -2.36. The van der Waals surface area contributed by atoms with Gasteiger partial charge in [-0.05, 0) is 25.4 Å². The first-order valence-electron chi connectivity index (χ1n) is 8.78. The van der Waals surface area contributed by atoms with Crippen LogP contribution in [0, 0.1) is 0 Å². The second-order valence-corrected chi connectivity index (χ2v) is 12.5. The summed E-state index contributed by atoms with van der Waals surface area (Å²) in [7, 11) is -1.22. The highest BCUT2D eigenvalue weighted by Crippen LogP contribution is 2.09. The largest absolute Gasteiger partial charge is 0.465 e. The van der Waals surface area contributed by atoms with Gasteiger partial charge in [0.25, 0.3) is 0 Å². The monoisotopic (exact) mass is 364 g/mol. The van der Waals surface area contributed by atoms with E-state index in [2.05, 4.69) is 19.6 Å². The van der Waals surface area contributed by atoms with E-state index in [1.54, 1.807) is 0 Å². The van der Waals surface area contributed by atoms with E-state index in [1.807, 2.05) is 0 Å². The number of hydrogen-bond donors (Lipinski definition) is 2. The van der Waals surface area contributed by atoms with Crippen LogP contribution in [0.4, 0.5) is 4.79 Å². The Morgan fingerprint density at radius 3 is 1.88 bits per heavy atom. The number of nitrogens with two attached hydrogens (primary N) is 1. The Labute approximate surface area is 147 Å². The van der Waals surface area contributed by atoms with Crippen LogP contribution in [0.25, 0.3) is 0 Å². The predicted octanol–water partition coefficient (Wildman–Crippen LogP) is 2.09. The Balaban J connectivity index is 3.47. The molecule has 0 aromatic carbocycles. The fourth-order valence-electron chi connectivity index (χ4n) is 1.86. The van der Waals surface area contributed by atoms with Crippen LogP contribution >= 0.6 is 0 Å². The average Bonchev–Trinajstić information content (AvgIpc) is 2.49. The number of ether oxygens (including phenoxy) is 3. The fourth-order valence-corrected chi connectivity index (χ4v) is 2.80. The minimum Gasteiger partial charge on any atom is -0.465 e. The quantitative estimate of drug-likeness (QED) is 0.322. The molecule has 7 nitrogen and oxygen atoms in total. The van der Waals surface area contributed by atoms with Crippen molar-refractivity contribution in [1.82, 2.24) is 4.90 Å². The molecule has 0 saturated carbocycles. The molecule has 0 atom stereocenters. The molecule has 0 aliphatic heterocycles. The van der Waals surface area contributed by atoms with Crippen molar-refractivity contribution < 1.29 is 24.1 Å². The van der Waals surface area contributed by atoms with Gasteiger partial charge >= 0.3 is 6.09 Å². The lowest BCUT2D eigenvalue weighted by Gasteiger charge is -2.23. The average molecular weight is 365 g/mol. The molecule has 0 unspecified atom stereocenters. The van der Waals surface area contributed by atoms with Gasteiger partial charge in [-0.1, -0.05) is 19.6 Å². The Kier molecular flexibility index (Phi) is 14.2. The SMILES string of the molecule is C[Si](C)(C)CCN(CCCOCCOCCOCCCN)C(=O)O. The molecule has 8 heteroatoms. The van der Waals surface area contributed by atoms with Crippen molar-refractivity contribution in [2.75, 3.05) is 59.3 Å². The third kappa shape index (κ3) is 16.2. The van der Waals surface area contributed by atoms with E-state index in [-0.39, 0.29) is 0 Å². The normalized spacial score (nSPS) is 11.7. The first-order chi connectivity index (χ1) is 11.4. The molecule has 0 heterocycles. The van der Waals surface area contributed by atoms with Gasteiger partial charge in [0.15, 0.2) is 0 Å². The summed E-state index contributed by atoms with van der Waals surface area (Å²) in [6.07, 6.45) is 0.737.